The van der Waals surface area contributed by atoms with Crippen molar-refractivity contribution in [3.05, 3.63) is 47.2 Å². The van der Waals surface area contributed by atoms with E-state index in [4.69, 9.17) is 4.74 Å². The van der Waals surface area contributed by atoms with Crippen LogP contribution in [0.15, 0.2) is 30.3 Å². The summed E-state index contributed by atoms with van der Waals surface area (Å²) in [5.74, 6) is 3.21. The van der Waals surface area contributed by atoms with E-state index in [0.29, 0.717) is 0 Å². The highest BCUT2D eigenvalue weighted by Gasteiger charge is 2.20. The number of H-pyrrole nitrogens is 1. The number of hydrogen-bond donors (Lipinski definition) is 1. The predicted octanol–water partition coefficient (Wildman–Crippen LogP) is 5.68. The van der Waals surface area contributed by atoms with E-state index >= 15 is 0 Å². The van der Waals surface area contributed by atoms with Gasteiger partial charge in [0.2, 0.25) is 0 Å². The molecule has 0 amide bonds. The zero-order chi connectivity index (χ0) is 20.8. The number of anilines is 1. The fourth-order valence-electron chi connectivity index (χ4n) is 4.80. The average Bonchev–Trinajstić information content (AvgIpc) is 3.25. The summed E-state index contributed by atoms with van der Waals surface area (Å²) in [4.78, 5) is 6.12. The van der Waals surface area contributed by atoms with Gasteiger partial charge in [-0.1, -0.05) is 31.4 Å². The predicted molar refractivity (Wildman–Crippen MR) is 129 cm³/mol. The summed E-state index contributed by atoms with van der Waals surface area (Å²) >= 11 is 1.84. The molecule has 3 heterocycles. The Labute approximate surface area is 186 Å². The highest BCUT2D eigenvalue weighted by molar-refractivity contribution is 7.96. The molecule has 4 nitrogen and oxygen atoms in total. The summed E-state index contributed by atoms with van der Waals surface area (Å²) in [6.07, 6.45) is 10.7. The van der Waals surface area contributed by atoms with Crippen LogP contribution in [0.4, 0.5) is 5.82 Å². The molecule has 0 radical (unpaired) electrons. The van der Waals surface area contributed by atoms with Crippen LogP contribution in [0.5, 0.6) is 5.75 Å². The number of hydrogen-bond acceptors (Lipinski definition) is 4. The lowest BCUT2D eigenvalue weighted by atomic mass is 9.92. The van der Waals surface area contributed by atoms with Crippen molar-refractivity contribution < 1.29 is 4.74 Å². The lowest BCUT2D eigenvalue weighted by molar-refractivity contribution is 0.278. The molecule has 1 aromatic heterocycles. The van der Waals surface area contributed by atoms with Gasteiger partial charge in [0.15, 0.2) is 0 Å². The van der Waals surface area contributed by atoms with Crippen molar-refractivity contribution in [2.24, 2.45) is 5.92 Å². The topological polar surface area (TPSA) is 31.5 Å². The normalized spacial score (nSPS) is 17.9. The third-order valence-corrected chi connectivity index (χ3v) is 7.47. The standard InChI is InChI=1S/C25H37N3OS/c1-3-5-23-8-10-25(26-23)27-14-11-20(12-15-27)6-4-17-29-24-9-7-22-19-28(30-2)16-13-21(22)18-24/h7-10,18,20,26H,3-6,11-17,19H2,1-2H3. The van der Waals surface area contributed by atoms with Crippen molar-refractivity contribution >= 4 is 17.8 Å². The van der Waals surface area contributed by atoms with Crippen LogP contribution in [0.2, 0.25) is 0 Å². The fraction of sp³-hybridized carbons (Fsp3) is 0.600. The molecule has 0 atom stereocenters. The van der Waals surface area contributed by atoms with Crippen LogP contribution in [-0.2, 0) is 19.4 Å². The number of nitrogens with zero attached hydrogens (tertiary/aromatic N) is 2. The molecule has 0 aliphatic carbocycles. The summed E-state index contributed by atoms with van der Waals surface area (Å²) < 4.78 is 8.52. The second-order valence-corrected chi connectivity index (χ2v) is 9.65. The quantitative estimate of drug-likeness (QED) is 0.412. The second-order valence-electron chi connectivity index (χ2n) is 8.77. The zero-order valence-electron chi connectivity index (χ0n) is 18.7. The van der Waals surface area contributed by atoms with Crippen LogP contribution in [-0.4, -0.2) is 41.8 Å². The van der Waals surface area contributed by atoms with Gasteiger partial charge in [-0.05, 0) is 86.1 Å². The molecular weight excluding hydrogens is 390 g/mol. The molecule has 4 rings (SSSR count). The highest BCUT2D eigenvalue weighted by atomic mass is 32.2. The number of benzene rings is 1. The molecule has 2 aromatic rings. The first-order valence-electron chi connectivity index (χ1n) is 11.7. The first kappa shape index (κ1) is 21.6. The van der Waals surface area contributed by atoms with Crippen molar-refractivity contribution in [1.82, 2.24) is 9.29 Å². The molecule has 1 fully saturated rings. The van der Waals surface area contributed by atoms with Gasteiger partial charge >= 0.3 is 0 Å². The van der Waals surface area contributed by atoms with E-state index in [0.717, 1.165) is 50.6 Å². The molecule has 2 aliphatic rings. The van der Waals surface area contributed by atoms with Crippen LogP contribution in [0.3, 0.4) is 0 Å². The van der Waals surface area contributed by atoms with Gasteiger partial charge in [0.05, 0.1) is 6.61 Å². The molecule has 1 N–H and O–H groups in total. The molecule has 0 saturated carbocycles. The van der Waals surface area contributed by atoms with Crippen LogP contribution in [0.25, 0.3) is 0 Å². The first-order valence-corrected chi connectivity index (χ1v) is 12.9. The summed E-state index contributed by atoms with van der Waals surface area (Å²) in [5.41, 5.74) is 4.30. The minimum absolute atomic E-state index is 0.840. The maximum absolute atomic E-state index is 6.10. The minimum Gasteiger partial charge on any atom is -0.494 e. The third-order valence-electron chi connectivity index (χ3n) is 6.64. The number of nitrogens with one attached hydrogen (secondary N) is 1. The van der Waals surface area contributed by atoms with E-state index in [1.54, 1.807) is 0 Å². The third kappa shape index (κ3) is 5.55. The molecule has 0 unspecified atom stereocenters. The molecule has 30 heavy (non-hydrogen) atoms. The van der Waals surface area contributed by atoms with Crippen LogP contribution < -0.4 is 9.64 Å². The molecule has 0 bridgehead atoms. The Balaban J connectivity index is 1.15. The Morgan fingerprint density at radius 2 is 1.97 bits per heavy atom. The number of fused-ring (bicyclic) bond motifs is 1. The Bertz CT molecular complexity index is 797. The molecular formula is C25H37N3OS. The average molecular weight is 428 g/mol. The van der Waals surface area contributed by atoms with Gasteiger partial charge in [-0.15, -0.1) is 0 Å². The van der Waals surface area contributed by atoms with E-state index in [1.165, 1.54) is 61.4 Å². The molecule has 2 aliphatic heterocycles. The Kier molecular flexibility index (Phi) is 7.67. The van der Waals surface area contributed by atoms with E-state index in [2.05, 4.69) is 57.7 Å². The number of aromatic amines is 1. The first-order chi connectivity index (χ1) is 14.7. The largest absolute Gasteiger partial charge is 0.494 e. The summed E-state index contributed by atoms with van der Waals surface area (Å²) in [7, 11) is 0. The summed E-state index contributed by atoms with van der Waals surface area (Å²) in [6.45, 7) is 7.62. The maximum atomic E-state index is 6.10. The van der Waals surface area contributed by atoms with E-state index < -0.39 is 0 Å². The van der Waals surface area contributed by atoms with Gasteiger partial charge in [0, 0.05) is 31.9 Å². The number of aromatic nitrogens is 1. The van der Waals surface area contributed by atoms with Gasteiger partial charge < -0.3 is 14.6 Å². The maximum Gasteiger partial charge on any atom is 0.119 e. The number of piperidine rings is 1. The SMILES string of the molecule is CCCc1ccc(N2CCC(CCCOc3ccc4c(c3)CCN(SC)C4)CC2)[nH]1. The van der Waals surface area contributed by atoms with Gasteiger partial charge in [-0.3, -0.25) is 0 Å². The van der Waals surface area contributed by atoms with Gasteiger partial charge in [0.25, 0.3) is 0 Å². The molecule has 0 spiro atoms. The number of rotatable bonds is 9. The molecule has 164 valence electrons. The summed E-state index contributed by atoms with van der Waals surface area (Å²) in [6, 6.07) is 11.2. The van der Waals surface area contributed by atoms with E-state index in [9.17, 15) is 0 Å². The Morgan fingerprint density at radius 3 is 2.77 bits per heavy atom. The van der Waals surface area contributed by atoms with Crippen LogP contribution >= 0.6 is 11.9 Å². The molecule has 5 heteroatoms. The van der Waals surface area contributed by atoms with Crippen molar-refractivity contribution in [2.45, 2.75) is 58.4 Å². The van der Waals surface area contributed by atoms with E-state index in [1.807, 2.05) is 11.9 Å². The lowest BCUT2D eigenvalue weighted by Crippen LogP contribution is -2.34. The molecule has 1 aromatic carbocycles. The van der Waals surface area contributed by atoms with Crippen LogP contribution in [0, 0.1) is 5.92 Å². The van der Waals surface area contributed by atoms with Gasteiger partial charge in [-0.2, -0.15) is 0 Å². The van der Waals surface area contributed by atoms with Crippen molar-refractivity contribution in [1.29, 1.82) is 0 Å². The Morgan fingerprint density at radius 1 is 1.10 bits per heavy atom. The molecule has 1 saturated heterocycles. The summed E-state index contributed by atoms with van der Waals surface area (Å²) in [5, 5.41) is 0. The van der Waals surface area contributed by atoms with Gasteiger partial charge in [-0.25, -0.2) is 4.31 Å². The second kappa shape index (κ2) is 10.6. The smallest absolute Gasteiger partial charge is 0.119 e. The van der Waals surface area contributed by atoms with E-state index in [-0.39, 0.29) is 0 Å². The monoisotopic (exact) mass is 427 g/mol. The fourth-order valence-corrected chi connectivity index (χ4v) is 5.34. The zero-order valence-corrected chi connectivity index (χ0v) is 19.5. The number of aryl methyl sites for hydroxylation is 1. The highest BCUT2D eigenvalue weighted by Crippen LogP contribution is 2.28. The Hall–Kier alpha value is -1.59. The van der Waals surface area contributed by atoms with Crippen molar-refractivity contribution in [2.75, 3.05) is 37.4 Å². The number of ether oxygens (including phenoxy) is 1. The van der Waals surface area contributed by atoms with Crippen molar-refractivity contribution in [3.63, 3.8) is 0 Å². The van der Waals surface area contributed by atoms with Crippen LogP contribution in [0.1, 0.15) is 55.8 Å². The lowest BCUT2D eigenvalue weighted by Gasteiger charge is -2.32. The van der Waals surface area contributed by atoms with Gasteiger partial charge in [0.1, 0.15) is 11.6 Å². The van der Waals surface area contributed by atoms with Crippen molar-refractivity contribution in [3.8, 4) is 5.75 Å². The minimum atomic E-state index is 0.840.